The van der Waals surface area contributed by atoms with Crippen LogP contribution in [-0.4, -0.2) is 24.5 Å². The van der Waals surface area contributed by atoms with Gasteiger partial charge in [0.1, 0.15) is 12.9 Å². The zero-order valence-corrected chi connectivity index (χ0v) is 30.8. The Kier molecular flexibility index (Phi) is 8.20. The van der Waals surface area contributed by atoms with E-state index in [1.54, 1.807) is 0 Å². The normalized spacial score (nSPS) is 33.8. The van der Waals surface area contributed by atoms with Crippen molar-refractivity contribution in [1.29, 1.82) is 0 Å². The van der Waals surface area contributed by atoms with Crippen molar-refractivity contribution in [3.63, 3.8) is 0 Å². The number of fused-ring (bicyclic) bond motifs is 8. The summed E-state index contributed by atoms with van der Waals surface area (Å²) in [6, 6.07) is 25.3. The Bertz CT molecular complexity index is 1780. The molecule has 50 heavy (non-hydrogen) atoms. The molecular weight excluding hydrogens is 615 g/mol. The van der Waals surface area contributed by atoms with Crippen LogP contribution in [0.5, 0.6) is 0 Å². The molecule has 3 aromatic carbocycles. The van der Waals surface area contributed by atoms with E-state index in [4.69, 9.17) is 4.74 Å². The van der Waals surface area contributed by atoms with Crippen molar-refractivity contribution in [3.05, 3.63) is 101 Å². The van der Waals surface area contributed by atoms with E-state index in [1.165, 1.54) is 65.5 Å². The first-order valence-electron chi connectivity index (χ1n) is 19.4. The molecule has 5 aliphatic carbocycles. The second-order valence-electron chi connectivity index (χ2n) is 17.7. The van der Waals surface area contributed by atoms with Crippen LogP contribution in [0.25, 0.3) is 16.7 Å². The van der Waals surface area contributed by atoms with Gasteiger partial charge in [-0.05, 0) is 131 Å². The van der Waals surface area contributed by atoms with Crippen molar-refractivity contribution >= 4 is 18.0 Å². The standard InChI is InChI=1S/C46H55NO3/c1-6-46(47-42(49)50-29-37-35-13-9-7-11-33(35)34-12-8-10-14-36(34)37)26-22-39-32(27-46)19-20-41-44(39,4)25-23-40-43(2,3)38(21-24-45(40,41)5)31-17-15-30(28-48)16-18-31/h7-18,21,28,32,37,39-41H,6,19-20,22-27,29H2,1-5H3,(H,47,49). The number of alkyl carbamates (subject to hydrolysis) is 1. The number of hydrogen-bond donors (Lipinski definition) is 1. The zero-order chi connectivity index (χ0) is 34.9. The SMILES string of the molecule is CCC1(NC(=O)OCC2c3ccccc3-c3ccccc32)CCC2C(CCC3C2(C)CCC2C(C)(C)C(c4ccc(C=O)cc4)=CCC23C)C1. The molecule has 3 fully saturated rings. The van der Waals surface area contributed by atoms with E-state index in [9.17, 15) is 9.59 Å². The van der Waals surface area contributed by atoms with Crippen molar-refractivity contribution in [2.24, 2.45) is 39.9 Å². The summed E-state index contributed by atoms with van der Waals surface area (Å²) in [4.78, 5) is 24.9. The van der Waals surface area contributed by atoms with Crippen LogP contribution in [0.1, 0.15) is 125 Å². The number of carbonyl (C=O) groups excluding carboxylic acids is 2. The van der Waals surface area contributed by atoms with E-state index in [0.29, 0.717) is 35.7 Å². The summed E-state index contributed by atoms with van der Waals surface area (Å²) >= 11 is 0. The molecule has 3 aromatic rings. The molecule has 7 unspecified atom stereocenters. The van der Waals surface area contributed by atoms with Gasteiger partial charge in [0, 0.05) is 17.0 Å². The van der Waals surface area contributed by atoms with E-state index in [1.807, 2.05) is 12.1 Å². The summed E-state index contributed by atoms with van der Waals surface area (Å²) in [7, 11) is 0. The summed E-state index contributed by atoms with van der Waals surface area (Å²) in [5.41, 5.74) is 8.96. The number of benzene rings is 3. The fourth-order valence-corrected chi connectivity index (χ4v) is 12.9. The van der Waals surface area contributed by atoms with Gasteiger partial charge in [-0.25, -0.2) is 4.79 Å². The minimum absolute atomic E-state index is 0.0741. The maximum atomic E-state index is 13.6. The quantitative estimate of drug-likeness (QED) is 0.266. The number of amides is 1. The lowest BCUT2D eigenvalue weighted by molar-refractivity contribution is -0.163. The van der Waals surface area contributed by atoms with Gasteiger partial charge in [-0.2, -0.15) is 0 Å². The second-order valence-corrected chi connectivity index (χ2v) is 17.7. The molecule has 1 N–H and O–H groups in total. The Labute approximate surface area is 299 Å². The van der Waals surface area contributed by atoms with Crippen molar-refractivity contribution < 1.29 is 14.3 Å². The molecule has 0 aliphatic heterocycles. The maximum absolute atomic E-state index is 13.6. The largest absolute Gasteiger partial charge is 0.449 e. The highest BCUT2D eigenvalue weighted by atomic mass is 16.5. The molecule has 262 valence electrons. The highest BCUT2D eigenvalue weighted by Gasteiger charge is 2.63. The molecule has 0 saturated heterocycles. The van der Waals surface area contributed by atoms with E-state index in [-0.39, 0.29) is 28.4 Å². The van der Waals surface area contributed by atoms with Gasteiger partial charge in [0.2, 0.25) is 0 Å². The van der Waals surface area contributed by atoms with Gasteiger partial charge in [0.25, 0.3) is 0 Å². The summed E-state index contributed by atoms with van der Waals surface area (Å²) < 4.78 is 6.08. The van der Waals surface area contributed by atoms with Crippen LogP contribution in [0.3, 0.4) is 0 Å². The number of rotatable bonds is 6. The Balaban J connectivity index is 0.960. The van der Waals surface area contributed by atoms with E-state index < -0.39 is 0 Å². The first kappa shape index (κ1) is 33.5. The van der Waals surface area contributed by atoms with Crippen LogP contribution in [0.2, 0.25) is 0 Å². The third kappa shape index (κ3) is 5.14. The van der Waals surface area contributed by atoms with Crippen LogP contribution >= 0.6 is 0 Å². The smallest absolute Gasteiger partial charge is 0.407 e. The van der Waals surface area contributed by atoms with E-state index in [0.717, 1.165) is 37.5 Å². The first-order valence-corrected chi connectivity index (χ1v) is 19.4. The fraction of sp³-hybridized carbons (Fsp3) is 0.522. The molecular formula is C46H55NO3. The van der Waals surface area contributed by atoms with Gasteiger partial charge in [0.05, 0.1) is 0 Å². The van der Waals surface area contributed by atoms with Crippen LogP contribution in [-0.2, 0) is 4.74 Å². The minimum Gasteiger partial charge on any atom is -0.449 e. The minimum atomic E-state index is -0.257. The van der Waals surface area contributed by atoms with Gasteiger partial charge in [-0.15, -0.1) is 0 Å². The van der Waals surface area contributed by atoms with Gasteiger partial charge in [-0.3, -0.25) is 4.79 Å². The van der Waals surface area contributed by atoms with Crippen LogP contribution in [0.4, 0.5) is 4.79 Å². The molecule has 0 bridgehead atoms. The Morgan fingerprint density at radius 1 is 0.820 bits per heavy atom. The third-order valence-electron chi connectivity index (χ3n) is 15.2. The zero-order valence-electron chi connectivity index (χ0n) is 30.8. The number of aldehydes is 1. The summed E-state index contributed by atoms with van der Waals surface area (Å²) in [5.74, 6) is 2.75. The van der Waals surface area contributed by atoms with Crippen LogP contribution < -0.4 is 5.32 Å². The number of hydrogen-bond acceptors (Lipinski definition) is 3. The topological polar surface area (TPSA) is 55.4 Å². The summed E-state index contributed by atoms with van der Waals surface area (Å²) in [6.07, 6.45) is 13.7. The molecule has 3 saturated carbocycles. The summed E-state index contributed by atoms with van der Waals surface area (Å²) in [5, 5.41) is 3.47. The van der Waals surface area contributed by atoms with Crippen LogP contribution in [0, 0.1) is 39.9 Å². The molecule has 1 amide bonds. The number of ether oxygens (including phenoxy) is 1. The number of nitrogens with one attached hydrogen (secondary N) is 1. The molecule has 8 rings (SSSR count). The fourth-order valence-electron chi connectivity index (χ4n) is 12.9. The molecule has 0 heterocycles. The predicted molar refractivity (Wildman–Crippen MR) is 202 cm³/mol. The molecule has 0 aromatic heterocycles. The highest BCUT2D eigenvalue weighted by molar-refractivity contribution is 5.79. The molecule has 4 nitrogen and oxygen atoms in total. The van der Waals surface area contributed by atoms with Crippen LogP contribution in [0.15, 0.2) is 78.9 Å². The number of carbonyl (C=O) groups is 2. The molecule has 0 radical (unpaired) electrons. The van der Waals surface area contributed by atoms with E-state index in [2.05, 4.69) is 107 Å². The Morgan fingerprint density at radius 2 is 1.50 bits per heavy atom. The molecule has 7 atom stereocenters. The number of allylic oxidation sites excluding steroid dienone is 2. The van der Waals surface area contributed by atoms with Gasteiger partial charge >= 0.3 is 6.09 Å². The van der Waals surface area contributed by atoms with Crippen molar-refractivity contribution in [1.82, 2.24) is 5.32 Å². The monoisotopic (exact) mass is 669 g/mol. The average Bonchev–Trinajstić information content (AvgIpc) is 3.44. The predicted octanol–water partition coefficient (Wildman–Crippen LogP) is 11.2. The third-order valence-corrected chi connectivity index (χ3v) is 15.2. The lowest BCUT2D eigenvalue weighted by Crippen LogP contribution is -2.62. The summed E-state index contributed by atoms with van der Waals surface area (Å²) in [6.45, 7) is 12.9. The van der Waals surface area contributed by atoms with Gasteiger partial charge in [-0.1, -0.05) is 113 Å². The van der Waals surface area contributed by atoms with Crippen molar-refractivity contribution in [2.75, 3.05) is 6.61 Å². The maximum Gasteiger partial charge on any atom is 0.407 e. The van der Waals surface area contributed by atoms with Gasteiger partial charge < -0.3 is 10.1 Å². The van der Waals surface area contributed by atoms with Crippen molar-refractivity contribution in [3.8, 4) is 11.1 Å². The molecule has 4 heteroatoms. The van der Waals surface area contributed by atoms with E-state index >= 15 is 0 Å². The second kappa shape index (κ2) is 12.2. The lowest BCUT2D eigenvalue weighted by atomic mass is 9.37. The lowest BCUT2D eigenvalue weighted by Gasteiger charge is -2.67. The molecule has 5 aliphatic rings. The van der Waals surface area contributed by atoms with Crippen molar-refractivity contribution in [2.45, 2.75) is 104 Å². The average molecular weight is 670 g/mol. The molecule has 0 spiro atoms. The van der Waals surface area contributed by atoms with Gasteiger partial charge in [0.15, 0.2) is 0 Å². The Hall–Kier alpha value is -3.66. The Morgan fingerprint density at radius 3 is 2.16 bits per heavy atom. The highest BCUT2D eigenvalue weighted by Crippen LogP contribution is 2.71. The first-order chi connectivity index (χ1) is 24.0.